The van der Waals surface area contributed by atoms with E-state index in [9.17, 15) is 4.79 Å². The lowest BCUT2D eigenvalue weighted by atomic mass is 10.2. The highest BCUT2D eigenvalue weighted by Gasteiger charge is 2.03. The third-order valence-electron chi connectivity index (χ3n) is 1.99. The number of benzene rings is 1. The van der Waals surface area contributed by atoms with Gasteiger partial charge in [0, 0.05) is 19.3 Å². The van der Waals surface area contributed by atoms with E-state index in [-0.39, 0.29) is 12.2 Å². The molecular formula is C10H13NO3. The maximum absolute atomic E-state index is 10.6. The minimum atomic E-state index is -0.929. The van der Waals surface area contributed by atoms with Crippen molar-refractivity contribution >= 4 is 11.7 Å². The molecule has 1 rings (SSSR count). The summed E-state index contributed by atoms with van der Waals surface area (Å²) in [6.07, 6.45) is 0. The molecule has 0 aliphatic rings. The number of anilines is 1. The molecule has 0 saturated heterocycles. The first-order chi connectivity index (χ1) is 6.65. The highest BCUT2D eigenvalue weighted by Crippen LogP contribution is 2.13. The number of aliphatic hydroxyl groups excluding tert-OH is 1. The fraction of sp³-hybridized carbons (Fsp3) is 0.300. The van der Waals surface area contributed by atoms with Crippen molar-refractivity contribution in [1.29, 1.82) is 0 Å². The van der Waals surface area contributed by atoms with Gasteiger partial charge >= 0.3 is 5.97 Å². The number of carboxylic acids is 1. The fourth-order valence-electron chi connectivity index (χ4n) is 1.14. The van der Waals surface area contributed by atoms with Crippen LogP contribution in [0.1, 0.15) is 10.4 Å². The fourth-order valence-corrected chi connectivity index (χ4v) is 1.14. The van der Waals surface area contributed by atoms with Gasteiger partial charge in [0.05, 0.1) is 12.2 Å². The summed E-state index contributed by atoms with van der Waals surface area (Å²) >= 11 is 0. The van der Waals surface area contributed by atoms with Gasteiger partial charge in [-0.2, -0.15) is 0 Å². The van der Waals surface area contributed by atoms with Crippen molar-refractivity contribution in [2.24, 2.45) is 0 Å². The lowest BCUT2D eigenvalue weighted by molar-refractivity contribution is 0.0697. The second-order valence-corrected chi connectivity index (χ2v) is 3.00. The van der Waals surface area contributed by atoms with E-state index in [0.717, 1.165) is 5.69 Å². The predicted molar refractivity (Wildman–Crippen MR) is 53.8 cm³/mol. The van der Waals surface area contributed by atoms with Gasteiger partial charge in [-0.3, -0.25) is 0 Å². The van der Waals surface area contributed by atoms with Crippen molar-refractivity contribution in [1.82, 2.24) is 0 Å². The Balaban J connectivity index is 2.77. The molecule has 0 radical (unpaired) electrons. The van der Waals surface area contributed by atoms with E-state index in [0.29, 0.717) is 6.54 Å². The van der Waals surface area contributed by atoms with Gasteiger partial charge in [-0.1, -0.05) is 0 Å². The molecular weight excluding hydrogens is 182 g/mol. The van der Waals surface area contributed by atoms with Crippen LogP contribution in [-0.4, -0.2) is 36.4 Å². The molecule has 0 heterocycles. The molecule has 0 aliphatic carbocycles. The summed E-state index contributed by atoms with van der Waals surface area (Å²) in [6, 6.07) is 6.54. The van der Waals surface area contributed by atoms with Crippen LogP contribution in [0, 0.1) is 0 Å². The first kappa shape index (κ1) is 10.5. The van der Waals surface area contributed by atoms with Crippen LogP contribution < -0.4 is 4.90 Å². The Morgan fingerprint density at radius 1 is 1.36 bits per heavy atom. The highest BCUT2D eigenvalue weighted by molar-refractivity contribution is 5.88. The lowest BCUT2D eigenvalue weighted by Gasteiger charge is -2.17. The number of hydrogen-bond acceptors (Lipinski definition) is 3. The topological polar surface area (TPSA) is 60.8 Å². The maximum Gasteiger partial charge on any atom is 0.335 e. The molecule has 4 nitrogen and oxygen atoms in total. The average Bonchev–Trinajstić information content (AvgIpc) is 2.18. The number of carboxylic acid groups (broad SMARTS) is 1. The van der Waals surface area contributed by atoms with Crippen molar-refractivity contribution in [2.45, 2.75) is 0 Å². The van der Waals surface area contributed by atoms with E-state index in [4.69, 9.17) is 10.2 Å². The van der Waals surface area contributed by atoms with Crippen molar-refractivity contribution in [3.8, 4) is 0 Å². The van der Waals surface area contributed by atoms with Crippen LogP contribution in [0.5, 0.6) is 0 Å². The van der Waals surface area contributed by atoms with Crippen molar-refractivity contribution < 1.29 is 15.0 Å². The maximum atomic E-state index is 10.6. The Hall–Kier alpha value is -1.55. The summed E-state index contributed by atoms with van der Waals surface area (Å²) in [6.45, 7) is 0.615. The third-order valence-corrected chi connectivity index (χ3v) is 1.99. The Bertz CT molecular complexity index is 308. The average molecular weight is 195 g/mol. The number of rotatable bonds is 4. The summed E-state index contributed by atoms with van der Waals surface area (Å²) in [5.41, 5.74) is 1.16. The van der Waals surface area contributed by atoms with E-state index in [1.165, 1.54) is 0 Å². The molecule has 0 spiro atoms. The zero-order chi connectivity index (χ0) is 10.6. The second kappa shape index (κ2) is 4.62. The normalized spacial score (nSPS) is 9.86. The van der Waals surface area contributed by atoms with Crippen molar-refractivity contribution in [3.05, 3.63) is 29.8 Å². The summed E-state index contributed by atoms with van der Waals surface area (Å²) in [4.78, 5) is 12.4. The molecule has 14 heavy (non-hydrogen) atoms. The number of carbonyl (C=O) groups is 1. The van der Waals surface area contributed by atoms with Gasteiger partial charge in [-0.25, -0.2) is 4.79 Å². The Morgan fingerprint density at radius 3 is 2.36 bits per heavy atom. The quantitative estimate of drug-likeness (QED) is 0.746. The Kier molecular flexibility index (Phi) is 3.48. The molecule has 0 unspecified atom stereocenters. The van der Waals surface area contributed by atoms with Gasteiger partial charge in [0.1, 0.15) is 0 Å². The van der Waals surface area contributed by atoms with Crippen LogP contribution in [0.2, 0.25) is 0 Å². The van der Waals surface area contributed by atoms with Crippen LogP contribution in [0.25, 0.3) is 0 Å². The number of aromatic carboxylic acids is 1. The third kappa shape index (κ3) is 2.47. The van der Waals surface area contributed by atoms with E-state index < -0.39 is 5.97 Å². The van der Waals surface area contributed by atoms with Gasteiger partial charge in [-0.05, 0) is 24.3 Å². The van der Waals surface area contributed by atoms with Gasteiger partial charge in [0.15, 0.2) is 0 Å². The Labute approximate surface area is 82.4 Å². The number of nitrogens with zero attached hydrogens (tertiary/aromatic N) is 1. The van der Waals surface area contributed by atoms with Crippen LogP contribution in [0.3, 0.4) is 0 Å². The van der Waals surface area contributed by atoms with E-state index in [2.05, 4.69) is 0 Å². The molecule has 0 atom stereocenters. The molecule has 0 aromatic heterocycles. The molecule has 2 N–H and O–H groups in total. The minimum absolute atomic E-state index is 0.0805. The van der Waals surface area contributed by atoms with Crippen LogP contribution in [0.15, 0.2) is 24.3 Å². The molecule has 0 saturated carbocycles. The zero-order valence-corrected chi connectivity index (χ0v) is 7.97. The zero-order valence-electron chi connectivity index (χ0n) is 7.97. The molecule has 0 fully saturated rings. The first-order valence-electron chi connectivity index (χ1n) is 4.30. The largest absolute Gasteiger partial charge is 0.478 e. The predicted octanol–water partition coefficient (Wildman–Crippen LogP) is 0.813. The summed E-state index contributed by atoms with van der Waals surface area (Å²) < 4.78 is 0. The Morgan fingerprint density at radius 2 is 1.93 bits per heavy atom. The van der Waals surface area contributed by atoms with Gasteiger partial charge in [0.2, 0.25) is 0 Å². The monoisotopic (exact) mass is 195 g/mol. The first-order valence-corrected chi connectivity index (χ1v) is 4.30. The number of hydrogen-bond donors (Lipinski definition) is 2. The smallest absolute Gasteiger partial charge is 0.335 e. The van der Waals surface area contributed by atoms with Crippen molar-refractivity contribution in [3.63, 3.8) is 0 Å². The molecule has 1 aromatic carbocycles. The lowest BCUT2D eigenvalue weighted by Crippen LogP contribution is -2.20. The number of likely N-dealkylation sites (N-methyl/N-ethyl adjacent to an activating group) is 1. The molecule has 0 bridgehead atoms. The summed E-state index contributed by atoms with van der Waals surface area (Å²) in [5, 5.41) is 17.4. The van der Waals surface area contributed by atoms with E-state index in [1.807, 2.05) is 11.9 Å². The van der Waals surface area contributed by atoms with Crippen molar-refractivity contribution in [2.75, 3.05) is 25.1 Å². The van der Waals surface area contributed by atoms with Gasteiger partial charge in [0.25, 0.3) is 0 Å². The summed E-state index contributed by atoms with van der Waals surface area (Å²) in [7, 11) is 1.84. The highest BCUT2D eigenvalue weighted by atomic mass is 16.4. The SMILES string of the molecule is CN(CCO)c1ccc(C(=O)O)cc1. The molecule has 1 aromatic rings. The molecule has 76 valence electrons. The second-order valence-electron chi connectivity index (χ2n) is 3.00. The van der Waals surface area contributed by atoms with Crippen LogP contribution >= 0.6 is 0 Å². The van der Waals surface area contributed by atoms with E-state index in [1.54, 1.807) is 24.3 Å². The summed E-state index contributed by atoms with van der Waals surface area (Å²) in [5.74, 6) is -0.929. The molecule has 0 aliphatic heterocycles. The molecule has 0 amide bonds. The van der Waals surface area contributed by atoms with Crippen LogP contribution in [-0.2, 0) is 0 Å². The number of aliphatic hydroxyl groups is 1. The minimum Gasteiger partial charge on any atom is -0.478 e. The molecule has 4 heteroatoms. The standard InChI is InChI=1S/C10H13NO3/c1-11(6-7-12)9-4-2-8(3-5-9)10(13)14/h2-5,12H,6-7H2,1H3,(H,13,14). The van der Waals surface area contributed by atoms with Gasteiger partial charge in [-0.15, -0.1) is 0 Å². The van der Waals surface area contributed by atoms with Crippen LogP contribution in [0.4, 0.5) is 5.69 Å². The van der Waals surface area contributed by atoms with Gasteiger partial charge < -0.3 is 15.1 Å². The van der Waals surface area contributed by atoms with E-state index >= 15 is 0 Å².